The Morgan fingerprint density at radius 1 is 1.24 bits per heavy atom. The summed E-state index contributed by atoms with van der Waals surface area (Å²) in [7, 11) is 0. The van der Waals surface area contributed by atoms with E-state index in [-0.39, 0.29) is 5.69 Å². The van der Waals surface area contributed by atoms with Gasteiger partial charge >= 0.3 is 0 Å². The topological polar surface area (TPSA) is 97.9 Å². The number of non-ortho nitro benzene ring substituents is 1. The van der Waals surface area contributed by atoms with Gasteiger partial charge in [-0.3, -0.25) is 10.1 Å². The SMILES string of the molecule is CCNc1cc(NCc2nncn2CC)cc([N+](=O)[O-])c1. The number of nitrogens with one attached hydrogen (secondary N) is 2. The van der Waals surface area contributed by atoms with Crippen molar-refractivity contribution in [3.63, 3.8) is 0 Å². The van der Waals surface area contributed by atoms with E-state index in [0.717, 1.165) is 12.4 Å². The predicted octanol–water partition coefficient (Wildman–Crippen LogP) is 2.25. The van der Waals surface area contributed by atoms with Crippen LogP contribution >= 0.6 is 0 Å². The van der Waals surface area contributed by atoms with Gasteiger partial charge in [0.2, 0.25) is 0 Å². The third-order valence-electron chi connectivity index (χ3n) is 3.00. The van der Waals surface area contributed by atoms with Crippen molar-refractivity contribution in [3.05, 3.63) is 40.5 Å². The quantitative estimate of drug-likeness (QED) is 0.599. The maximum atomic E-state index is 11.0. The maximum Gasteiger partial charge on any atom is 0.273 e. The zero-order valence-corrected chi connectivity index (χ0v) is 12.0. The second-order valence-corrected chi connectivity index (χ2v) is 4.44. The molecule has 0 radical (unpaired) electrons. The van der Waals surface area contributed by atoms with Crippen molar-refractivity contribution in [1.82, 2.24) is 14.8 Å². The predicted molar refractivity (Wildman–Crippen MR) is 80.3 cm³/mol. The molecule has 0 aliphatic carbocycles. The van der Waals surface area contributed by atoms with Gasteiger partial charge in [-0.05, 0) is 19.9 Å². The van der Waals surface area contributed by atoms with Crippen LogP contribution in [-0.2, 0) is 13.1 Å². The van der Waals surface area contributed by atoms with Crippen LogP contribution in [-0.4, -0.2) is 26.2 Å². The van der Waals surface area contributed by atoms with Gasteiger partial charge in [0.25, 0.3) is 5.69 Å². The molecule has 0 saturated carbocycles. The second kappa shape index (κ2) is 6.69. The molecule has 0 saturated heterocycles. The lowest BCUT2D eigenvalue weighted by Gasteiger charge is -2.10. The highest BCUT2D eigenvalue weighted by Gasteiger charge is 2.10. The lowest BCUT2D eigenvalue weighted by molar-refractivity contribution is -0.384. The largest absolute Gasteiger partial charge is 0.385 e. The number of hydrogen-bond acceptors (Lipinski definition) is 6. The summed E-state index contributed by atoms with van der Waals surface area (Å²) in [6, 6.07) is 4.86. The second-order valence-electron chi connectivity index (χ2n) is 4.44. The molecule has 1 aromatic heterocycles. The van der Waals surface area contributed by atoms with Crippen LogP contribution in [0.15, 0.2) is 24.5 Å². The summed E-state index contributed by atoms with van der Waals surface area (Å²) < 4.78 is 1.91. The van der Waals surface area contributed by atoms with Crippen molar-refractivity contribution in [2.24, 2.45) is 0 Å². The average Bonchev–Trinajstić information content (AvgIpc) is 2.92. The first-order valence-corrected chi connectivity index (χ1v) is 6.78. The van der Waals surface area contributed by atoms with Gasteiger partial charge in [-0.25, -0.2) is 0 Å². The van der Waals surface area contributed by atoms with Crippen LogP contribution in [0.2, 0.25) is 0 Å². The summed E-state index contributed by atoms with van der Waals surface area (Å²) >= 11 is 0. The molecule has 8 nitrogen and oxygen atoms in total. The molecule has 1 heterocycles. The number of aryl methyl sites for hydroxylation is 1. The van der Waals surface area contributed by atoms with Gasteiger partial charge < -0.3 is 15.2 Å². The van der Waals surface area contributed by atoms with Crippen LogP contribution in [0.5, 0.6) is 0 Å². The highest BCUT2D eigenvalue weighted by atomic mass is 16.6. The van der Waals surface area contributed by atoms with Gasteiger partial charge in [0.05, 0.1) is 11.5 Å². The molecular formula is C13H18N6O2. The first kappa shape index (κ1) is 14.8. The van der Waals surface area contributed by atoms with Gasteiger partial charge in [0, 0.05) is 36.6 Å². The number of nitro benzene ring substituents is 1. The molecule has 112 valence electrons. The van der Waals surface area contributed by atoms with Crippen LogP contribution in [0.3, 0.4) is 0 Å². The number of aromatic nitrogens is 3. The fourth-order valence-electron chi connectivity index (χ4n) is 1.99. The molecule has 0 amide bonds. The molecule has 2 N–H and O–H groups in total. The van der Waals surface area contributed by atoms with Gasteiger partial charge in [0.1, 0.15) is 6.33 Å². The van der Waals surface area contributed by atoms with Crippen molar-refractivity contribution < 1.29 is 4.92 Å². The summed E-state index contributed by atoms with van der Waals surface area (Å²) in [6.45, 7) is 5.88. The van der Waals surface area contributed by atoms with Crippen LogP contribution in [0, 0.1) is 10.1 Å². The smallest absolute Gasteiger partial charge is 0.273 e. The Labute approximate surface area is 122 Å². The van der Waals surface area contributed by atoms with E-state index in [4.69, 9.17) is 0 Å². The van der Waals surface area contributed by atoms with Gasteiger partial charge in [-0.2, -0.15) is 0 Å². The highest BCUT2D eigenvalue weighted by molar-refractivity contribution is 5.63. The van der Waals surface area contributed by atoms with E-state index in [1.54, 1.807) is 6.33 Å². The van der Waals surface area contributed by atoms with E-state index in [0.29, 0.717) is 24.5 Å². The number of nitrogens with zero attached hydrogens (tertiary/aromatic N) is 4. The molecule has 0 aliphatic rings. The first-order chi connectivity index (χ1) is 10.1. The molecule has 21 heavy (non-hydrogen) atoms. The van der Waals surface area contributed by atoms with E-state index >= 15 is 0 Å². The average molecular weight is 290 g/mol. The van der Waals surface area contributed by atoms with E-state index in [2.05, 4.69) is 20.8 Å². The monoisotopic (exact) mass is 290 g/mol. The van der Waals surface area contributed by atoms with Gasteiger partial charge in [0.15, 0.2) is 5.82 Å². The number of hydrogen-bond donors (Lipinski definition) is 2. The Morgan fingerprint density at radius 3 is 2.57 bits per heavy atom. The van der Waals surface area contributed by atoms with Crippen LogP contribution in [0.4, 0.5) is 17.1 Å². The van der Waals surface area contributed by atoms with Crippen LogP contribution in [0.25, 0.3) is 0 Å². The minimum Gasteiger partial charge on any atom is -0.385 e. The molecule has 0 fully saturated rings. The summed E-state index contributed by atoms with van der Waals surface area (Å²) in [4.78, 5) is 10.6. The third kappa shape index (κ3) is 3.68. The molecular weight excluding hydrogens is 272 g/mol. The van der Waals surface area contributed by atoms with Crippen molar-refractivity contribution in [2.45, 2.75) is 26.9 Å². The zero-order chi connectivity index (χ0) is 15.2. The Balaban J connectivity index is 2.16. The van der Waals surface area contributed by atoms with Crippen molar-refractivity contribution in [1.29, 1.82) is 0 Å². The van der Waals surface area contributed by atoms with Crippen molar-refractivity contribution in [3.8, 4) is 0 Å². The normalized spacial score (nSPS) is 10.4. The molecule has 2 rings (SSSR count). The number of benzene rings is 1. The fourth-order valence-corrected chi connectivity index (χ4v) is 1.99. The summed E-state index contributed by atoms with van der Waals surface area (Å²) in [5.74, 6) is 0.786. The van der Waals surface area contributed by atoms with Crippen molar-refractivity contribution in [2.75, 3.05) is 17.2 Å². The first-order valence-electron chi connectivity index (χ1n) is 6.78. The Morgan fingerprint density at radius 2 is 1.95 bits per heavy atom. The van der Waals surface area contributed by atoms with Crippen LogP contribution in [0.1, 0.15) is 19.7 Å². The van der Waals surface area contributed by atoms with E-state index in [1.165, 1.54) is 12.1 Å². The fraction of sp³-hybridized carbons (Fsp3) is 0.385. The zero-order valence-electron chi connectivity index (χ0n) is 12.0. The molecule has 0 aliphatic heterocycles. The Bertz CT molecular complexity index is 625. The molecule has 2 aromatic rings. The van der Waals surface area contributed by atoms with Crippen LogP contribution < -0.4 is 10.6 Å². The van der Waals surface area contributed by atoms with E-state index in [9.17, 15) is 10.1 Å². The molecule has 0 atom stereocenters. The molecule has 8 heteroatoms. The summed E-state index contributed by atoms with van der Waals surface area (Å²) in [5.41, 5.74) is 1.44. The summed E-state index contributed by atoms with van der Waals surface area (Å²) in [5, 5.41) is 25.1. The Hall–Kier alpha value is -2.64. The summed E-state index contributed by atoms with van der Waals surface area (Å²) in [6.07, 6.45) is 1.66. The van der Waals surface area contributed by atoms with Crippen molar-refractivity contribution >= 4 is 17.1 Å². The minimum atomic E-state index is -0.402. The molecule has 0 bridgehead atoms. The third-order valence-corrected chi connectivity index (χ3v) is 3.00. The van der Waals surface area contributed by atoms with E-state index in [1.807, 2.05) is 24.5 Å². The highest BCUT2D eigenvalue weighted by Crippen LogP contribution is 2.24. The molecule has 0 spiro atoms. The lowest BCUT2D eigenvalue weighted by atomic mass is 10.2. The standard InChI is InChI=1S/C13H18N6O2/c1-3-14-10-5-11(7-12(6-10)19(20)21)15-8-13-17-16-9-18(13)4-2/h5-7,9,14-15H,3-4,8H2,1-2H3. The lowest BCUT2D eigenvalue weighted by Crippen LogP contribution is -2.08. The molecule has 0 unspecified atom stereocenters. The number of nitro groups is 1. The minimum absolute atomic E-state index is 0.0490. The Kier molecular flexibility index (Phi) is 4.70. The molecule has 1 aromatic carbocycles. The number of rotatable bonds is 7. The van der Waals surface area contributed by atoms with Gasteiger partial charge in [-0.1, -0.05) is 0 Å². The van der Waals surface area contributed by atoms with Gasteiger partial charge in [-0.15, -0.1) is 10.2 Å². The number of anilines is 2. The van der Waals surface area contributed by atoms with E-state index < -0.39 is 4.92 Å². The maximum absolute atomic E-state index is 11.0.